The van der Waals surface area contributed by atoms with Gasteiger partial charge in [0, 0.05) is 11.4 Å². The number of hydrogen-bond acceptors (Lipinski definition) is 3. The van der Waals surface area contributed by atoms with Crippen molar-refractivity contribution in [2.75, 3.05) is 7.11 Å². The van der Waals surface area contributed by atoms with Gasteiger partial charge in [-0.3, -0.25) is 0 Å². The molecule has 0 unspecified atom stereocenters. The quantitative estimate of drug-likeness (QED) is 0.793. The molecule has 0 aliphatic heterocycles. The molecule has 0 atom stereocenters. The van der Waals surface area contributed by atoms with Crippen molar-refractivity contribution in [3.05, 3.63) is 21.4 Å². The third-order valence-corrected chi connectivity index (χ3v) is 3.06. The Kier molecular flexibility index (Phi) is 3.31. The lowest BCUT2D eigenvalue weighted by atomic mass is 10.2. The number of aryl methyl sites for hydroxylation is 1. The van der Waals surface area contributed by atoms with E-state index in [9.17, 15) is 4.79 Å². The summed E-state index contributed by atoms with van der Waals surface area (Å²) < 4.78 is 4.47. The summed E-state index contributed by atoms with van der Waals surface area (Å²) in [4.78, 5) is 12.1. The van der Waals surface area contributed by atoms with Crippen LogP contribution in [-0.4, -0.2) is 13.2 Å². The summed E-state index contributed by atoms with van der Waals surface area (Å²) in [5.74, 6) is 0. The minimum Gasteiger partial charge on any atom is -0.453 e. The van der Waals surface area contributed by atoms with Gasteiger partial charge >= 0.3 is 6.09 Å². The Hall–Kier alpha value is -1.03. The molecular formula is C9H13NO2S. The van der Waals surface area contributed by atoms with E-state index < -0.39 is 0 Å². The number of thiophene rings is 1. The largest absolute Gasteiger partial charge is 0.453 e. The topological polar surface area (TPSA) is 38.3 Å². The highest BCUT2D eigenvalue weighted by Gasteiger charge is 2.05. The number of nitrogens with one attached hydrogen (secondary N) is 1. The van der Waals surface area contributed by atoms with Gasteiger partial charge in [0.1, 0.15) is 0 Å². The van der Waals surface area contributed by atoms with E-state index >= 15 is 0 Å². The molecule has 1 aromatic rings. The van der Waals surface area contributed by atoms with Crippen LogP contribution in [0.15, 0.2) is 5.38 Å². The number of methoxy groups -OCH3 is 1. The molecule has 4 heteroatoms. The van der Waals surface area contributed by atoms with Gasteiger partial charge in [-0.1, -0.05) is 0 Å². The van der Waals surface area contributed by atoms with E-state index in [1.165, 1.54) is 17.6 Å². The van der Waals surface area contributed by atoms with Crippen LogP contribution < -0.4 is 5.32 Å². The van der Waals surface area contributed by atoms with Crippen molar-refractivity contribution in [2.24, 2.45) is 0 Å². The van der Waals surface area contributed by atoms with Gasteiger partial charge in [-0.25, -0.2) is 4.79 Å². The summed E-state index contributed by atoms with van der Waals surface area (Å²) in [5, 5.41) is 4.70. The third kappa shape index (κ3) is 2.45. The number of ether oxygens (including phenoxy) is 1. The lowest BCUT2D eigenvalue weighted by molar-refractivity contribution is 0.170. The molecule has 13 heavy (non-hydrogen) atoms. The minimum absolute atomic E-state index is 0.386. The lowest BCUT2D eigenvalue weighted by Gasteiger charge is -2.02. The number of amides is 1. The van der Waals surface area contributed by atoms with Gasteiger partial charge in [0.05, 0.1) is 7.11 Å². The average molecular weight is 199 g/mol. The zero-order valence-corrected chi connectivity index (χ0v) is 8.83. The van der Waals surface area contributed by atoms with Crippen LogP contribution in [-0.2, 0) is 11.3 Å². The number of carbonyl (C=O) groups excluding carboxylic acids is 1. The van der Waals surface area contributed by atoms with E-state index in [0.717, 1.165) is 5.56 Å². The Bertz CT molecular complexity index is 307. The Morgan fingerprint density at radius 2 is 2.31 bits per heavy atom. The van der Waals surface area contributed by atoms with E-state index in [-0.39, 0.29) is 6.09 Å². The highest BCUT2D eigenvalue weighted by molar-refractivity contribution is 7.10. The highest BCUT2D eigenvalue weighted by Crippen LogP contribution is 2.19. The molecule has 1 amide bonds. The first kappa shape index (κ1) is 10.1. The molecule has 1 rings (SSSR count). The summed E-state index contributed by atoms with van der Waals surface area (Å²) in [7, 11) is 1.36. The Balaban J connectivity index is 2.55. The third-order valence-electron chi connectivity index (χ3n) is 2.00. The van der Waals surface area contributed by atoms with Crippen LogP contribution in [0.3, 0.4) is 0 Å². The van der Waals surface area contributed by atoms with Gasteiger partial charge in [0.25, 0.3) is 0 Å². The molecule has 0 aliphatic carbocycles. The normalized spacial score (nSPS) is 9.77. The zero-order valence-electron chi connectivity index (χ0n) is 8.01. The molecule has 0 aromatic carbocycles. The van der Waals surface area contributed by atoms with Crippen molar-refractivity contribution >= 4 is 17.4 Å². The van der Waals surface area contributed by atoms with E-state index in [0.29, 0.717) is 6.54 Å². The van der Waals surface area contributed by atoms with Crippen molar-refractivity contribution < 1.29 is 9.53 Å². The molecule has 1 heterocycles. The van der Waals surface area contributed by atoms with Gasteiger partial charge in [0.2, 0.25) is 0 Å². The summed E-state index contributed by atoms with van der Waals surface area (Å²) >= 11 is 1.70. The summed E-state index contributed by atoms with van der Waals surface area (Å²) in [6, 6.07) is 0. The van der Waals surface area contributed by atoms with Crippen LogP contribution in [0.25, 0.3) is 0 Å². The second-order valence-electron chi connectivity index (χ2n) is 2.79. The van der Waals surface area contributed by atoms with Crippen LogP contribution in [0.2, 0.25) is 0 Å². The van der Waals surface area contributed by atoms with Gasteiger partial charge in [0.15, 0.2) is 0 Å². The second kappa shape index (κ2) is 4.28. The summed E-state index contributed by atoms with van der Waals surface area (Å²) in [6.45, 7) is 4.67. The fraction of sp³-hybridized carbons (Fsp3) is 0.444. The molecule has 0 bridgehead atoms. The molecule has 0 saturated heterocycles. The molecule has 0 aliphatic rings. The number of hydrogen-bond donors (Lipinski definition) is 1. The van der Waals surface area contributed by atoms with Crippen molar-refractivity contribution in [1.82, 2.24) is 5.32 Å². The van der Waals surface area contributed by atoms with Gasteiger partial charge in [-0.15, -0.1) is 11.3 Å². The SMILES string of the molecule is COC(=O)NCc1csc(C)c1C. The smallest absolute Gasteiger partial charge is 0.407 e. The zero-order chi connectivity index (χ0) is 9.84. The molecule has 0 radical (unpaired) electrons. The van der Waals surface area contributed by atoms with E-state index in [2.05, 4.69) is 29.3 Å². The molecule has 0 fully saturated rings. The second-order valence-corrected chi connectivity index (χ2v) is 3.87. The van der Waals surface area contributed by atoms with Crippen molar-refractivity contribution in [3.8, 4) is 0 Å². The molecule has 0 saturated carbocycles. The van der Waals surface area contributed by atoms with Crippen LogP contribution in [0.4, 0.5) is 4.79 Å². The average Bonchev–Trinajstić information content (AvgIpc) is 2.44. The fourth-order valence-corrected chi connectivity index (χ4v) is 1.86. The first-order valence-electron chi connectivity index (χ1n) is 4.00. The predicted molar refractivity (Wildman–Crippen MR) is 53.0 cm³/mol. The Morgan fingerprint density at radius 3 is 2.77 bits per heavy atom. The molecule has 3 nitrogen and oxygen atoms in total. The predicted octanol–water partition coefficient (Wildman–Crippen LogP) is 2.22. The Labute approximate surface area is 81.7 Å². The van der Waals surface area contributed by atoms with E-state index in [1.807, 2.05) is 0 Å². The number of alkyl carbamates (subject to hydrolysis) is 1. The van der Waals surface area contributed by atoms with Crippen LogP contribution in [0.5, 0.6) is 0 Å². The van der Waals surface area contributed by atoms with Crippen LogP contribution in [0, 0.1) is 13.8 Å². The van der Waals surface area contributed by atoms with Crippen molar-refractivity contribution in [1.29, 1.82) is 0 Å². The lowest BCUT2D eigenvalue weighted by Crippen LogP contribution is -2.22. The van der Waals surface area contributed by atoms with Crippen LogP contribution in [0.1, 0.15) is 16.0 Å². The number of rotatable bonds is 2. The summed E-state index contributed by atoms with van der Waals surface area (Å²) in [5.41, 5.74) is 2.41. The van der Waals surface area contributed by atoms with Crippen molar-refractivity contribution in [2.45, 2.75) is 20.4 Å². The maximum atomic E-state index is 10.8. The molecule has 0 spiro atoms. The van der Waals surface area contributed by atoms with Crippen molar-refractivity contribution in [3.63, 3.8) is 0 Å². The monoisotopic (exact) mass is 199 g/mol. The fourth-order valence-electron chi connectivity index (χ4n) is 0.976. The summed E-state index contributed by atoms with van der Waals surface area (Å²) in [6.07, 6.45) is -0.386. The van der Waals surface area contributed by atoms with Gasteiger partial charge in [-0.2, -0.15) is 0 Å². The minimum atomic E-state index is -0.386. The van der Waals surface area contributed by atoms with E-state index in [1.54, 1.807) is 11.3 Å². The first-order chi connectivity index (χ1) is 6.15. The Morgan fingerprint density at radius 1 is 1.62 bits per heavy atom. The maximum absolute atomic E-state index is 10.8. The molecule has 72 valence electrons. The standard InChI is InChI=1S/C9H13NO2S/c1-6-7(2)13-5-8(6)4-10-9(11)12-3/h5H,4H2,1-3H3,(H,10,11). The molecular weight excluding hydrogens is 186 g/mol. The highest BCUT2D eigenvalue weighted by atomic mass is 32.1. The first-order valence-corrected chi connectivity index (χ1v) is 4.88. The van der Waals surface area contributed by atoms with Gasteiger partial charge in [-0.05, 0) is 30.4 Å². The maximum Gasteiger partial charge on any atom is 0.407 e. The molecule has 1 N–H and O–H groups in total. The number of carbonyl (C=O) groups is 1. The van der Waals surface area contributed by atoms with E-state index in [4.69, 9.17) is 0 Å². The molecule has 1 aromatic heterocycles. The van der Waals surface area contributed by atoms with Crippen LogP contribution >= 0.6 is 11.3 Å². The van der Waals surface area contributed by atoms with Gasteiger partial charge < -0.3 is 10.1 Å².